The highest BCUT2D eigenvalue weighted by atomic mass is 32.2. The van der Waals surface area contributed by atoms with E-state index < -0.39 is 10.0 Å². The van der Waals surface area contributed by atoms with E-state index in [4.69, 9.17) is 4.74 Å². The highest BCUT2D eigenvalue weighted by Gasteiger charge is 2.31. The summed E-state index contributed by atoms with van der Waals surface area (Å²) >= 11 is 0. The zero-order valence-electron chi connectivity index (χ0n) is 14.6. The van der Waals surface area contributed by atoms with Crippen LogP contribution in [0.15, 0.2) is 59.5 Å². The van der Waals surface area contributed by atoms with Gasteiger partial charge >= 0.3 is 0 Å². The second kappa shape index (κ2) is 7.88. The summed E-state index contributed by atoms with van der Waals surface area (Å²) in [6.45, 7) is 3.23. The molecule has 7 heteroatoms. The topological polar surface area (TPSA) is 75.7 Å². The molecule has 1 aliphatic rings. The standard InChI is InChI=1S/C19H22N2O4S/c1-2-25-17-10-8-16(9-11-17)21-14-15(12-19(21)22)13-20-26(23,24)18-6-4-3-5-7-18/h3-11,15,20H,2,12-14H2,1H3/t15-/m0/s1. The number of hydrogen-bond donors (Lipinski definition) is 1. The number of rotatable bonds is 7. The lowest BCUT2D eigenvalue weighted by Crippen LogP contribution is -2.31. The quantitative estimate of drug-likeness (QED) is 0.808. The van der Waals surface area contributed by atoms with Crippen LogP contribution < -0.4 is 14.4 Å². The van der Waals surface area contributed by atoms with Crippen LogP contribution in [0.25, 0.3) is 0 Å². The van der Waals surface area contributed by atoms with E-state index in [9.17, 15) is 13.2 Å². The minimum atomic E-state index is -3.56. The van der Waals surface area contributed by atoms with Crippen molar-refractivity contribution in [1.82, 2.24) is 4.72 Å². The van der Waals surface area contributed by atoms with E-state index in [0.717, 1.165) is 11.4 Å². The number of hydrogen-bond acceptors (Lipinski definition) is 4. The van der Waals surface area contributed by atoms with Gasteiger partial charge in [0.05, 0.1) is 11.5 Å². The summed E-state index contributed by atoms with van der Waals surface area (Å²) in [5.41, 5.74) is 0.798. The molecule has 0 unspecified atom stereocenters. The Kier molecular flexibility index (Phi) is 5.58. The first kappa shape index (κ1) is 18.4. The van der Waals surface area contributed by atoms with Crippen LogP contribution in [0.3, 0.4) is 0 Å². The van der Waals surface area contributed by atoms with Crippen LogP contribution in [-0.4, -0.2) is 34.0 Å². The van der Waals surface area contributed by atoms with E-state index in [1.54, 1.807) is 35.2 Å². The average Bonchev–Trinajstić information content (AvgIpc) is 3.03. The number of ether oxygens (including phenoxy) is 1. The molecule has 0 aliphatic carbocycles. The molecule has 0 spiro atoms. The summed E-state index contributed by atoms with van der Waals surface area (Å²) in [7, 11) is -3.56. The Morgan fingerprint density at radius 3 is 2.46 bits per heavy atom. The largest absolute Gasteiger partial charge is 0.494 e. The minimum absolute atomic E-state index is 0.00179. The van der Waals surface area contributed by atoms with Gasteiger partial charge in [0.2, 0.25) is 15.9 Å². The number of nitrogens with zero attached hydrogens (tertiary/aromatic N) is 1. The maximum absolute atomic E-state index is 12.3. The van der Waals surface area contributed by atoms with Gasteiger partial charge in [0.1, 0.15) is 5.75 Å². The number of amides is 1. The van der Waals surface area contributed by atoms with Crippen molar-refractivity contribution in [2.75, 3.05) is 24.6 Å². The summed E-state index contributed by atoms with van der Waals surface area (Å²) < 4.78 is 32.6. The zero-order valence-corrected chi connectivity index (χ0v) is 15.4. The van der Waals surface area contributed by atoms with Crippen LogP contribution in [0.2, 0.25) is 0 Å². The number of carbonyl (C=O) groups excluding carboxylic acids is 1. The molecular weight excluding hydrogens is 352 g/mol. The molecule has 0 saturated carbocycles. The minimum Gasteiger partial charge on any atom is -0.494 e. The van der Waals surface area contributed by atoms with E-state index >= 15 is 0 Å². The molecule has 2 aromatic carbocycles. The van der Waals surface area contributed by atoms with Crippen molar-refractivity contribution >= 4 is 21.6 Å². The van der Waals surface area contributed by atoms with Crippen molar-refractivity contribution in [2.45, 2.75) is 18.2 Å². The van der Waals surface area contributed by atoms with Crippen molar-refractivity contribution in [1.29, 1.82) is 0 Å². The first-order valence-corrected chi connectivity index (χ1v) is 10.1. The van der Waals surface area contributed by atoms with Crippen molar-refractivity contribution in [3.63, 3.8) is 0 Å². The lowest BCUT2D eigenvalue weighted by Gasteiger charge is -2.17. The normalized spacial score (nSPS) is 17.5. The van der Waals surface area contributed by atoms with Crippen LogP contribution in [-0.2, 0) is 14.8 Å². The van der Waals surface area contributed by atoms with Crippen LogP contribution in [0.1, 0.15) is 13.3 Å². The molecular formula is C19H22N2O4S. The fraction of sp³-hybridized carbons (Fsp3) is 0.316. The second-order valence-electron chi connectivity index (χ2n) is 6.17. The Balaban J connectivity index is 1.61. The van der Waals surface area contributed by atoms with Crippen LogP contribution in [0.5, 0.6) is 5.75 Å². The molecule has 138 valence electrons. The average molecular weight is 374 g/mol. The number of anilines is 1. The van der Waals surface area contributed by atoms with Gasteiger partial charge in [0, 0.05) is 25.2 Å². The predicted molar refractivity (Wildman–Crippen MR) is 99.7 cm³/mol. The van der Waals surface area contributed by atoms with Gasteiger partial charge in [-0.1, -0.05) is 18.2 Å². The highest BCUT2D eigenvalue weighted by molar-refractivity contribution is 7.89. The molecule has 1 fully saturated rings. The Labute approximate surface area is 153 Å². The third-order valence-electron chi connectivity index (χ3n) is 4.28. The van der Waals surface area contributed by atoms with Crippen LogP contribution in [0.4, 0.5) is 5.69 Å². The first-order chi connectivity index (χ1) is 12.5. The van der Waals surface area contributed by atoms with Gasteiger partial charge in [-0.3, -0.25) is 4.79 Å². The molecule has 0 bridgehead atoms. The van der Waals surface area contributed by atoms with Gasteiger partial charge in [0.25, 0.3) is 0 Å². The molecule has 26 heavy (non-hydrogen) atoms. The van der Waals surface area contributed by atoms with Gasteiger partial charge in [-0.25, -0.2) is 13.1 Å². The predicted octanol–water partition coefficient (Wildman–Crippen LogP) is 2.42. The Hall–Kier alpha value is -2.38. The summed E-state index contributed by atoms with van der Waals surface area (Å²) in [5, 5.41) is 0. The molecule has 1 atom stereocenters. The molecule has 0 radical (unpaired) electrons. The van der Waals surface area contributed by atoms with Crippen molar-refractivity contribution in [2.24, 2.45) is 5.92 Å². The highest BCUT2D eigenvalue weighted by Crippen LogP contribution is 2.26. The molecule has 0 aromatic heterocycles. The Bertz CT molecular complexity index is 851. The molecule has 1 saturated heterocycles. The SMILES string of the molecule is CCOc1ccc(N2C[C@H](CNS(=O)(=O)c3ccccc3)CC2=O)cc1. The molecule has 3 rings (SSSR count). The lowest BCUT2D eigenvalue weighted by atomic mass is 10.1. The fourth-order valence-electron chi connectivity index (χ4n) is 2.97. The van der Waals surface area contributed by atoms with Gasteiger partial charge < -0.3 is 9.64 Å². The number of sulfonamides is 1. The summed E-state index contributed by atoms with van der Waals surface area (Å²) in [5.74, 6) is 0.695. The third kappa shape index (κ3) is 4.23. The van der Waals surface area contributed by atoms with Gasteiger partial charge in [-0.2, -0.15) is 0 Å². The number of carbonyl (C=O) groups is 1. The molecule has 1 heterocycles. The summed E-state index contributed by atoms with van der Waals surface area (Å²) in [6.07, 6.45) is 0.324. The van der Waals surface area contributed by atoms with Crippen molar-refractivity contribution in [3.05, 3.63) is 54.6 Å². The van der Waals surface area contributed by atoms with Gasteiger partial charge in [0.15, 0.2) is 0 Å². The maximum Gasteiger partial charge on any atom is 0.240 e. The van der Waals surface area contributed by atoms with Gasteiger partial charge in [-0.15, -0.1) is 0 Å². The molecule has 1 N–H and O–H groups in total. The summed E-state index contributed by atoms with van der Waals surface area (Å²) in [4.78, 5) is 14.2. The third-order valence-corrected chi connectivity index (χ3v) is 5.72. The van der Waals surface area contributed by atoms with Crippen LogP contribution in [0, 0.1) is 5.92 Å². The first-order valence-electron chi connectivity index (χ1n) is 8.57. The van der Waals surface area contributed by atoms with Crippen molar-refractivity contribution < 1.29 is 17.9 Å². The smallest absolute Gasteiger partial charge is 0.240 e. The van der Waals surface area contributed by atoms with E-state index in [1.807, 2.05) is 31.2 Å². The molecule has 2 aromatic rings. The van der Waals surface area contributed by atoms with E-state index in [2.05, 4.69) is 4.72 Å². The van der Waals surface area contributed by atoms with E-state index in [0.29, 0.717) is 19.6 Å². The number of nitrogens with one attached hydrogen (secondary N) is 1. The van der Waals surface area contributed by atoms with E-state index in [-0.39, 0.29) is 23.3 Å². The fourth-order valence-corrected chi connectivity index (χ4v) is 4.10. The Morgan fingerprint density at radius 2 is 1.81 bits per heavy atom. The van der Waals surface area contributed by atoms with E-state index in [1.165, 1.54) is 0 Å². The monoisotopic (exact) mass is 374 g/mol. The molecule has 1 amide bonds. The zero-order chi connectivity index (χ0) is 18.6. The number of benzene rings is 2. The lowest BCUT2D eigenvalue weighted by molar-refractivity contribution is -0.117. The van der Waals surface area contributed by atoms with Crippen LogP contribution >= 0.6 is 0 Å². The van der Waals surface area contributed by atoms with Gasteiger partial charge in [-0.05, 0) is 49.2 Å². The molecule has 1 aliphatic heterocycles. The molecule has 6 nitrogen and oxygen atoms in total. The Morgan fingerprint density at radius 1 is 1.12 bits per heavy atom. The maximum atomic E-state index is 12.3. The summed E-state index contributed by atoms with van der Waals surface area (Å²) in [6, 6.07) is 15.6. The van der Waals surface area contributed by atoms with Crippen molar-refractivity contribution in [3.8, 4) is 5.75 Å². The second-order valence-corrected chi connectivity index (χ2v) is 7.93.